The maximum Gasteiger partial charge on any atom is 0.194 e. The standard InChI is InChI=1S/C13H8Br3NO/c14-8-2-3-9(10(15)6-8)13(18)7-1-4-12(17)11(16)5-7/h1-6H,17H2. The van der Waals surface area contributed by atoms with E-state index in [1.165, 1.54) is 0 Å². The highest BCUT2D eigenvalue weighted by Crippen LogP contribution is 2.26. The molecule has 0 fully saturated rings. The van der Waals surface area contributed by atoms with Crippen LogP contribution in [-0.2, 0) is 0 Å². The van der Waals surface area contributed by atoms with Gasteiger partial charge in [0.05, 0.1) is 0 Å². The summed E-state index contributed by atoms with van der Waals surface area (Å²) in [4.78, 5) is 12.3. The van der Waals surface area contributed by atoms with Crippen molar-refractivity contribution in [1.29, 1.82) is 0 Å². The van der Waals surface area contributed by atoms with E-state index in [4.69, 9.17) is 5.73 Å². The van der Waals surface area contributed by atoms with Crippen molar-refractivity contribution in [2.24, 2.45) is 0 Å². The van der Waals surface area contributed by atoms with E-state index in [0.717, 1.165) is 13.4 Å². The second kappa shape index (κ2) is 5.55. The van der Waals surface area contributed by atoms with Gasteiger partial charge in [0.1, 0.15) is 0 Å². The van der Waals surface area contributed by atoms with E-state index < -0.39 is 0 Å². The molecule has 0 aliphatic heterocycles. The number of rotatable bonds is 2. The Morgan fingerprint density at radius 3 is 2.28 bits per heavy atom. The maximum absolute atomic E-state index is 12.3. The monoisotopic (exact) mass is 431 g/mol. The number of nitrogens with two attached hydrogens (primary N) is 1. The molecule has 0 bridgehead atoms. The first-order valence-corrected chi connectivity index (χ1v) is 7.41. The molecule has 5 heteroatoms. The Morgan fingerprint density at radius 2 is 1.67 bits per heavy atom. The average molecular weight is 434 g/mol. The molecule has 18 heavy (non-hydrogen) atoms. The number of carbonyl (C=O) groups is 1. The van der Waals surface area contributed by atoms with E-state index in [1.54, 1.807) is 24.3 Å². The van der Waals surface area contributed by atoms with Crippen LogP contribution in [0.5, 0.6) is 0 Å². The van der Waals surface area contributed by atoms with Gasteiger partial charge in [-0.3, -0.25) is 4.79 Å². The first-order chi connectivity index (χ1) is 8.49. The highest BCUT2D eigenvalue weighted by Gasteiger charge is 2.13. The fourth-order valence-corrected chi connectivity index (χ4v) is 3.10. The Labute approximate surface area is 130 Å². The van der Waals surface area contributed by atoms with Crippen molar-refractivity contribution >= 4 is 59.3 Å². The van der Waals surface area contributed by atoms with E-state index >= 15 is 0 Å². The van der Waals surface area contributed by atoms with Gasteiger partial charge in [-0.2, -0.15) is 0 Å². The lowest BCUT2D eigenvalue weighted by Gasteiger charge is -2.06. The molecule has 0 heterocycles. The van der Waals surface area contributed by atoms with Crippen molar-refractivity contribution < 1.29 is 4.79 Å². The van der Waals surface area contributed by atoms with Crippen LogP contribution in [0.25, 0.3) is 0 Å². The molecule has 2 aromatic carbocycles. The van der Waals surface area contributed by atoms with Crippen molar-refractivity contribution in [3.63, 3.8) is 0 Å². The Bertz CT molecular complexity index is 626. The summed E-state index contributed by atoms with van der Waals surface area (Å²) in [5, 5.41) is 0. The van der Waals surface area contributed by atoms with Gasteiger partial charge < -0.3 is 5.73 Å². The summed E-state index contributed by atoms with van der Waals surface area (Å²) in [5.41, 5.74) is 7.53. The number of ketones is 1. The number of halogens is 3. The molecule has 0 saturated carbocycles. The molecule has 0 amide bonds. The van der Waals surface area contributed by atoms with Gasteiger partial charge in [-0.25, -0.2) is 0 Å². The molecule has 0 unspecified atom stereocenters. The normalized spacial score (nSPS) is 10.4. The van der Waals surface area contributed by atoms with Gasteiger partial charge in [-0.15, -0.1) is 0 Å². The third kappa shape index (κ3) is 2.84. The van der Waals surface area contributed by atoms with Gasteiger partial charge in [0.2, 0.25) is 0 Å². The smallest absolute Gasteiger partial charge is 0.194 e. The Morgan fingerprint density at radius 1 is 0.944 bits per heavy atom. The van der Waals surface area contributed by atoms with Crippen LogP contribution in [0.15, 0.2) is 49.8 Å². The quantitative estimate of drug-likeness (QED) is 0.546. The summed E-state index contributed by atoms with van der Waals surface area (Å²) in [6.07, 6.45) is 0. The maximum atomic E-state index is 12.3. The number of nitrogen functional groups attached to an aromatic ring is 1. The predicted molar refractivity (Wildman–Crippen MR) is 83.8 cm³/mol. The molecule has 0 radical (unpaired) electrons. The summed E-state index contributed by atoms with van der Waals surface area (Å²) in [6.45, 7) is 0. The first-order valence-electron chi connectivity index (χ1n) is 5.04. The second-order valence-corrected chi connectivity index (χ2v) is 6.31. The molecule has 2 nitrogen and oxygen atoms in total. The second-order valence-electron chi connectivity index (χ2n) is 3.69. The van der Waals surface area contributed by atoms with Crippen molar-refractivity contribution in [2.45, 2.75) is 0 Å². The Hall–Kier alpha value is -0.650. The summed E-state index contributed by atoms with van der Waals surface area (Å²) < 4.78 is 2.40. The van der Waals surface area contributed by atoms with E-state index in [9.17, 15) is 4.79 Å². The van der Waals surface area contributed by atoms with Crippen molar-refractivity contribution in [3.05, 3.63) is 60.9 Å². The molecule has 0 aromatic heterocycles. The van der Waals surface area contributed by atoms with E-state index in [2.05, 4.69) is 47.8 Å². The third-order valence-corrected chi connectivity index (χ3v) is 4.27. The van der Waals surface area contributed by atoms with Crippen LogP contribution in [0.3, 0.4) is 0 Å². The molecule has 0 spiro atoms. The minimum Gasteiger partial charge on any atom is -0.398 e. The fourth-order valence-electron chi connectivity index (χ4n) is 1.50. The highest BCUT2D eigenvalue weighted by atomic mass is 79.9. The Kier molecular flexibility index (Phi) is 4.25. The zero-order valence-electron chi connectivity index (χ0n) is 9.08. The largest absolute Gasteiger partial charge is 0.398 e. The first kappa shape index (κ1) is 13.8. The van der Waals surface area contributed by atoms with E-state index in [1.807, 2.05) is 12.1 Å². The summed E-state index contributed by atoms with van der Waals surface area (Å²) in [7, 11) is 0. The predicted octanol–water partition coefficient (Wildman–Crippen LogP) is 4.79. The van der Waals surface area contributed by atoms with Gasteiger partial charge >= 0.3 is 0 Å². The van der Waals surface area contributed by atoms with Crippen LogP contribution in [0.2, 0.25) is 0 Å². The molecule has 92 valence electrons. The minimum atomic E-state index is -0.0462. The Balaban J connectivity index is 2.44. The van der Waals surface area contributed by atoms with Gasteiger partial charge in [0.15, 0.2) is 5.78 Å². The van der Waals surface area contributed by atoms with Crippen LogP contribution < -0.4 is 5.73 Å². The zero-order chi connectivity index (χ0) is 13.3. The number of hydrogen-bond donors (Lipinski definition) is 1. The topological polar surface area (TPSA) is 43.1 Å². The molecule has 0 saturated heterocycles. The summed E-state index contributed by atoms with van der Waals surface area (Å²) in [5.74, 6) is -0.0462. The van der Waals surface area contributed by atoms with Gasteiger partial charge in [0, 0.05) is 30.2 Å². The van der Waals surface area contributed by atoms with Gasteiger partial charge in [0.25, 0.3) is 0 Å². The average Bonchev–Trinajstić information content (AvgIpc) is 2.32. The SMILES string of the molecule is Nc1ccc(C(=O)c2ccc(Br)cc2Br)cc1Br. The van der Waals surface area contributed by atoms with E-state index in [-0.39, 0.29) is 5.78 Å². The molecule has 2 aromatic rings. The van der Waals surface area contributed by atoms with Gasteiger partial charge in [-0.05, 0) is 68.3 Å². The fraction of sp³-hybridized carbons (Fsp3) is 0. The highest BCUT2D eigenvalue weighted by molar-refractivity contribution is 9.11. The lowest BCUT2D eigenvalue weighted by Crippen LogP contribution is -2.03. The zero-order valence-corrected chi connectivity index (χ0v) is 13.8. The molecule has 0 atom stereocenters. The molecular formula is C13H8Br3NO. The van der Waals surface area contributed by atoms with Crippen LogP contribution in [-0.4, -0.2) is 5.78 Å². The third-order valence-electron chi connectivity index (χ3n) is 2.44. The van der Waals surface area contributed by atoms with Crippen LogP contribution in [0, 0.1) is 0 Å². The lowest BCUT2D eigenvalue weighted by molar-refractivity contribution is 0.103. The minimum absolute atomic E-state index is 0.0462. The molecule has 2 rings (SSSR count). The van der Waals surface area contributed by atoms with Crippen LogP contribution >= 0.6 is 47.8 Å². The molecule has 0 aliphatic rings. The van der Waals surface area contributed by atoms with Gasteiger partial charge in [-0.1, -0.05) is 15.9 Å². The lowest BCUT2D eigenvalue weighted by atomic mass is 10.0. The number of hydrogen-bond acceptors (Lipinski definition) is 2. The van der Waals surface area contributed by atoms with Crippen molar-refractivity contribution in [2.75, 3.05) is 5.73 Å². The molecule has 0 aliphatic carbocycles. The number of anilines is 1. The summed E-state index contributed by atoms with van der Waals surface area (Å²) in [6, 6.07) is 10.6. The number of carbonyl (C=O) groups excluding carboxylic acids is 1. The van der Waals surface area contributed by atoms with Crippen LogP contribution in [0.1, 0.15) is 15.9 Å². The molecular weight excluding hydrogens is 426 g/mol. The van der Waals surface area contributed by atoms with Crippen LogP contribution in [0.4, 0.5) is 5.69 Å². The molecule has 2 N–H and O–H groups in total. The van der Waals surface area contributed by atoms with Crippen molar-refractivity contribution in [1.82, 2.24) is 0 Å². The van der Waals surface area contributed by atoms with E-state index in [0.29, 0.717) is 16.8 Å². The summed E-state index contributed by atoms with van der Waals surface area (Å²) >= 11 is 10.1. The number of benzene rings is 2. The van der Waals surface area contributed by atoms with Crippen molar-refractivity contribution in [3.8, 4) is 0 Å².